The van der Waals surface area contributed by atoms with Gasteiger partial charge >= 0.3 is 6.36 Å². The van der Waals surface area contributed by atoms with Crippen LogP contribution in [0.1, 0.15) is 68.7 Å². The van der Waals surface area contributed by atoms with E-state index in [0.717, 1.165) is 17.0 Å². The number of aryl methyl sites for hydroxylation is 1. The molecule has 2 aromatic carbocycles. The molecule has 24 heteroatoms. The lowest BCUT2D eigenvalue weighted by Gasteiger charge is -2.34. The van der Waals surface area contributed by atoms with Crippen molar-refractivity contribution in [2.75, 3.05) is 57.9 Å². The number of aromatic nitrogens is 3. The summed E-state index contributed by atoms with van der Waals surface area (Å²) in [4.78, 5) is 98.7. The van der Waals surface area contributed by atoms with Crippen molar-refractivity contribution >= 4 is 47.0 Å². The fraction of sp³-hybridized carbons (Fsp3) is 0.413. The van der Waals surface area contributed by atoms with Crippen LogP contribution in [-0.4, -0.2) is 143 Å². The highest BCUT2D eigenvalue weighted by atomic mass is 19.4. The number of halogens is 4. The number of rotatable bonds is 22. The van der Waals surface area contributed by atoms with Crippen LogP contribution >= 0.6 is 0 Å². The lowest BCUT2D eigenvalue weighted by molar-refractivity contribution is -0.274. The minimum absolute atomic E-state index is 0.0270. The molecule has 0 saturated carbocycles. The minimum atomic E-state index is -4.85. The van der Waals surface area contributed by atoms with Crippen LogP contribution < -0.4 is 31.2 Å². The molecule has 2 aromatic heterocycles. The Hall–Kier alpha value is -7.47. The van der Waals surface area contributed by atoms with Crippen LogP contribution in [0.2, 0.25) is 0 Å². The second-order valence-electron chi connectivity index (χ2n) is 16.4. The fourth-order valence-corrected chi connectivity index (χ4v) is 7.99. The highest BCUT2D eigenvalue weighted by Crippen LogP contribution is 2.33. The molecule has 70 heavy (non-hydrogen) atoms. The summed E-state index contributed by atoms with van der Waals surface area (Å²) in [6.07, 6.45) is -2.19. The molecule has 5 N–H and O–H groups in total. The largest absolute Gasteiger partial charge is 0.573 e. The number of primary amides is 1. The topological polar surface area (TPSA) is 256 Å². The average Bonchev–Trinajstić information content (AvgIpc) is 3.89. The molecule has 2 saturated heterocycles. The van der Waals surface area contributed by atoms with E-state index in [1.54, 1.807) is 29.2 Å². The van der Waals surface area contributed by atoms with E-state index in [1.807, 2.05) is 0 Å². The van der Waals surface area contributed by atoms with Gasteiger partial charge in [0.15, 0.2) is 6.17 Å². The van der Waals surface area contributed by atoms with Gasteiger partial charge < -0.3 is 44.8 Å². The highest BCUT2D eigenvalue weighted by Gasteiger charge is 2.45. The first-order valence-corrected chi connectivity index (χ1v) is 22.3. The Balaban J connectivity index is 0.756. The van der Waals surface area contributed by atoms with E-state index in [9.17, 15) is 46.7 Å². The van der Waals surface area contributed by atoms with Gasteiger partial charge in [0.25, 0.3) is 17.7 Å². The number of pyridine rings is 1. The van der Waals surface area contributed by atoms with E-state index in [4.69, 9.17) is 19.9 Å². The third-order valence-electron chi connectivity index (χ3n) is 11.4. The monoisotopic (exact) mass is 979 g/mol. The Kier molecular flexibility index (Phi) is 16.4. The van der Waals surface area contributed by atoms with Crippen LogP contribution in [0.25, 0.3) is 11.3 Å². The molecular weight excluding hydrogens is 931 g/mol. The van der Waals surface area contributed by atoms with Crippen molar-refractivity contribution in [3.8, 4) is 22.9 Å². The fourth-order valence-electron chi connectivity index (χ4n) is 7.99. The summed E-state index contributed by atoms with van der Waals surface area (Å²) in [5.41, 5.74) is 7.59. The molecule has 3 aliphatic rings. The SMILES string of the molecule is NC(=O)c1cc(-c2cn(CCCC(=O)NCCOCCOCCNc3cccc4c3C(=O)N(C3CCC(=O)NC3=O)C4=O)cn2)cnc1O[C@@H]1CCN(C(=O)Cc2ccc(OC(F)(F)F)cc2)C[C@H]1F. The van der Waals surface area contributed by atoms with Crippen molar-refractivity contribution in [1.82, 2.24) is 35.0 Å². The molecule has 2 fully saturated rings. The smallest absolute Gasteiger partial charge is 0.471 e. The van der Waals surface area contributed by atoms with Crippen LogP contribution in [0.4, 0.5) is 23.2 Å². The van der Waals surface area contributed by atoms with E-state index in [1.165, 1.54) is 35.4 Å². The van der Waals surface area contributed by atoms with Gasteiger partial charge in [-0.2, -0.15) is 0 Å². The van der Waals surface area contributed by atoms with Crippen molar-refractivity contribution in [2.24, 2.45) is 5.73 Å². The number of benzene rings is 2. The number of imide groups is 2. The lowest BCUT2D eigenvalue weighted by atomic mass is 10.0. The number of ether oxygens (including phenoxy) is 4. The second-order valence-corrected chi connectivity index (χ2v) is 16.4. The van der Waals surface area contributed by atoms with Crippen molar-refractivity contribution < 1.29 is 70.1 Å². The average molecular weight is 980 g/mol. The predicted octanol–water partition coefficient (Wildman–Crippen LogP) is 2.95. The van der Waals surface area contributed by atoms with E-state index in [-0.39, 0.29) is 107 Å². The molecule has 20 nitrogen and oxygen atoms in total. The number of carbonyl (C=O) groups is 7. The van der Waals surface area contributed by atoms with Gasteiger partial charge in [-0.25, -0.2) is 14.4 Å². The van der Waals surface area contributed by atoms with Gasteiger partial charge in [0, 0.05) is 69.1 Å². The maximum Gasteiger partial charge on any atom is 0.573 e. The Morgan fingerprint density at radius 2 is 1.69 bits per heavy atom. The van der Waals surface area contributed by atoms with E-state index in [0.29, 0.717) is 42.0 Å². The third-order valence-corrected chi connectivity index (χ3v) is 11.4. The normalized spacial score (nSPS) is 18.1. The number of nitrogens with one attached hydrogen (secondary N) is 3. The number of imidazole rings is 1. The molecule has 0 radical (unpaired) electrons. The van der Waals surface area contributed by atoms with E-state index >= 15 is 4.39 Å². The summed E-state index contributed by atoms with van der Waals surface area (Å²) in [6, 6.07) is 9.99. The number of piperidine rings is 2. The van der Waals surface area contributed by atoms with Crippen LogP contribution in [-0.2, 0) is 41.6 Å². The summed E-state index contributed by atoms with van der Waals surface area (Å²) >= 11 is 0. The number of hydrogen-bond donors (Lipinski definition) is 4. The van der Waals surface area contributed by atoms with E-state index in [2.05, 4.69) is 30.7 Å². The second kappa shape index (κ2) is 22.8. The van der Waals surface area contributed by atoms with Crippen LogP contribution in [0.15, 0.2) is 67.3 Å². The zero-order valence-electron chi connectivity index (χ0n) is 37.5. The van der Waals surface area contributed by atoms with Gasteiger partial charge in [-0.05, 0) is 48.7 Å². The van der Waals surface area contributed by atoms with Crippen molar-refractivity contribution in [2.45, 2.75) is 69.7 Å². The van der Waals surface area contributed by atoms with Crippen molar-refractivity contribution in [3.05, 3.63) is 89.5 Å². The number of carbonyl (C=O) groups excluding carboxylic acids is 7. The summed E-state index contributed by atoms with van der Waals surface area (Å²) in [5.74, 6) is -4.42. The first-order valence-electron chi connectivity index (χ1n) is 22.3. The number of nitrogens with zero attached hydrogens (tertiary/aromatic N) is 5. The number of alkyl halides is 4. The summed E-state index contributed by atoms with van der Waals surface area (Å²) in [7, 11) is 0. The predicted molar refractivity (Wildman–Crippen MR) is 237 cm³/mol. The number of fused-ring (bicyclic) bond motifs is 1. The Morgan fingerprint density at radius 3 is 2.40 bits per heavy atom. The number of hydrogen-bond acceptors (Lipinski definition) is 14. The Morgan fingerprint density at radius 1 is 0.929 bits per heavy atom. The molecule has 7 amide bonds. The third kappa shape index (κ3) is 13.0. The molecular formula is C46H49F4N9O11. The maximum atomic E-state index is 15.3. The summed E-state index contributed by atoms with van der Waals surface area (Å²) in [5, 5.41) is 8.07. The number of amides is 7. The molecule has 372 valence electrons. The molecule has 0 spiro atoms. The van der Waals surface area contributed by atoms with Gasteiger partial charge in [-0.3, -0.25) is 43.8 Å². The number of likely N-dealkylation sites (tertiary alicyclic amines) is 1. The zero-order chi connectivity index (χ0) is 50.0. The van der Waals surface area contributed by atoms with Crippen LogP contribution in [0.3, 0.4) is 0 Å². The number of nitrogens with two attached hydrogens (primary N) is 1. The summed E-state index contributed by atoms with van der Waals surface area (Å²) < 4.78 is 75.3. The van der Waals surface area contributed by atoms with Gasteiger partial charge in [-0.15, -0.1) is 13.2 Å². The maximum absolute atomic E-state index is 15.3. The molecule has 4 aromatic rings. The molecule has 0 aliphatic carbocycles. The molecule has 1 unspecified atom stereocenters. The zero-order valence-corrected chi connectivity index (χ0v) is 37.5. The van der Waals surface area contributed by atoms with Gasteiger partial charge in [-0.1, -0.05) is 18.2 Å². The molecule has 7 rings (SSSR count). The molecule has 5 heterocycles. The minimum Gasteiger partial charge on any atom is -0.471 e. The van der Waals surface area contributed by atoms with Crippen LogP contribution in [0, 0.1) is 0 Å². The highest BCUT2D eigenvalue weighted by molar-refractivity contribution is 6.25. The van der Waals surface area contributed by atoms with Crippen molar-refractivity contribution in [1.29, 1.82) is 0 Å². The van der Waals surface area contributed by atoms with Crippen LogP contribution in [0.5, 0.6) is 11.6 Å². The molecule has 0 bridgehead atoms. The number of anilines is 1. The van der Waals surface area contributed by atoms with Crippen molar-refractivity contribution in [3.63, 3.8) is 0 Å². The van der Waals surface area contributed by atoms with Gasteiger partial charge in [0.05, 0.1) is 62.5 Å². The summed E-state index contributed by atoms with van der Waals surface area (Å²) in [6.45, 7) is 1.88. The van der Waals surface area contributed by atoms with Gasteiger partial charge in [0.1, 0.15) is 23.5 Å². The standard InChI is InChI=1S/C46H49F4N9O11/c47-32-24-58(39(62)21-27-6-8-29(9-7-27)70-46(48,49)50)16-12-36(32)69-43-31(41(51)63)22-28(23-54-43)34-25-57(26-55-34)15-2-5-37(60)53-14-18-68-20-19-67-17-13-52-33-4-1-3-30-40(33)45(66)59(44(30)65)35-10-11-38(61)56-42(35)64/h1,3-4,6-9,22-23,25-26,32,35-36,52H,2,5,10-21,24H2,(H2,51,63)(H,53,60)(H,56,61,64)/t32-,35?,36-/m1/s1. The quantitative estimate of drug-likeness (QED) is 0.0502. The van der Waals surface area contributed by atoms with Gasteiger partial charge in [0.2, 0.25) is 29.5 Å². The Labute approximate surface area is 397 Å². The first kappa shape index (κ1) is 50.4. The molecule has 3 aliphatic heterocycles. The molecule has 3 atom stereocenters. The Bertz CT molecular complexity index is 2590. The lowest BCUT2D eigenvalue weighted by Crippen LogP contribution is -2.54. The van der Waals surface area contributed by atoms with E-state index < -0.39 is 65.9 Å². The first-order chi connectivity index (χ1) is 33.5.